The number of guanidine groups is 1. The highest BCUT2D eigenvalue weighted by Gasteiger charge is 2.20. The summed E-state index contributed by atoms with van der Waals surface area (Å²) in [6.07, 6.45) is 0. The topological polar surface area (TPSA) is 89.2 Å². The zero-order chi connectivity index (χ0) is 15.6. The number of carbonyl (C=O) groups excluding carboxylic acids is 1. The number of aromatic amines is 1. The third-order valence-electron chi connectivity index (χ3n) is 3.15. The summed E-state index contributed by atoms with van der Waals surface area (Å²) in [5.74, 6) is -0.608. The molecule has 128 valence electrons. The fraction of sp³-hybridized carbons (Fsp3) is 0.286. The van der Waals surface area contributed by atoms with E-state index in [-0.39, 0.29) is 36.7 Å². The Kier molecular flexibility index (Phi) is 8.41. The van der Waals surface area contributed by atoms with E-state index in [0.717, 1.165) is 10.9 Å². The highest BCUT2D eigenvalue weighted by molar-refractivity contribution is 6.35. The average Bonchev–Trinajstić information content (AvgIpc) is 2.83. The molecule has 0 aliphatic rings. The molecule has 0 aliphatic carbocycles. The van der Waals surface area contributed by atoms with E-state index in [1.54, 1.807) is 12.1 Å². The number of rotatable bonds is 4. The van der Waals surface area contributed by atoms with Gasteiger partial charge < -0.3 is 15.6 Å². The second kappa shape index (κ2) is 8.98. The predicted octanol–water partition coefficient (Wildman–Crippen LogP) is 2.56. The van der Waals surface area contributed by atoms with Gasteiger partial charge >= 0.3 is 0 Å². The van der Waals surface area contributed by atoms with Crippen LogP contribution in [0.15, 0.2) is 24.3 Å². The van der Waals surface area contributed by atoms with E-state index in [1.165, 1.54) is 4.90 Å². The summed E-state index contributed by atoms with van der Waals surface area (Å²) in [7, 11) is 3.79. The van der Waals surface area contributed by atoms with Crippen LogP contribution in [0.4, 0.5) is 0 Å². The zero-order valence-corrected chi connectivity index (χ0v) is 15.2. The number of aromatic nitrogens is 1. The first-order valence-corrected chi connectivity index (χ1v) is 6.86. The second-order valence-corrected chi connectivity index (χ2v) is 5.44. The van der Waals surface area contributed by atoms with Crippen LogP contribution < -0.4 is 5.73 Å². The highest BCUT2D eigenvalue weighted by atomic mass is 35.5. The number of halogens is 3. The minimum atomic E-state index is -0.336. The molecule has 0 saturated heterocycles. The number of nitrogens with zero attached hydrogens (tertiary/aromatic N) is 2. The van der Waals surface area contributed by atoms with E-state index in [0.29, 0.717) is 23.8 Å². The molecular weight excluding hydrogens is 361 g/mol. The lowest BCUT2D eigenvalue weighted by molar-refractivity contribution is 0.0833. The van der Waals surface area contributed by atoms with E-state index in [4.69, 9.17) is 22.7 Å². The molecule has 4 N–H and O–H groups in total. The molecule has 6 nitrogen and oxygen atoms in total. The van der Waals surface area contributed by atoms with Crippen LogP contribution >= 0.6 is 36.4 Å². The van der Waals surface area contributed by atoms with Gasteiger partial charge in [-0.05, 0) is 32.3 Å². The van der Waals surface area contributed by atoms with Crippen LogP contribution in [0.5, 0.6) is 0 Å². The maximum Gasteiger partial charge on any atom is 0.277 e. The SMILES string of the molecule is CN(C)CCN(C(=N)N)C(=O)c1cc2c(Cl)cccc2[nH]1.Cl.Cl. The Bertz CT molecular complexity index is 686. The van der Waals surface area contributed by atoms with Gasteiger partial charge in [-0.2, -0.15) is 0 Å². The number of fused-ring (bicyclic) bond motifs is 1. The highest BCUT2D eigenvalue weighted by Crippen LogP contribution is 2.24. The van der Waals surface area contributed by atoms with Crippen molar-refractivity contribution in [3.8, 4) is 0 Å². The fourth-order valence-electron chi connectivity index (χ4n) is 2.01. The van der Waals surface area contributed by atoms with E-state index in [9.17, 15) is 4.79 Å². The first-order valence-electron chi connectivity index (χ1n) is 6.48. The number of nitrogens with one attached hydrogen (secondary N) is 2. The average molecular weight is 381 g/mol. The molecule has 0 bridgehead atoms. The van der Waals surface area contributed by atoms with Gasteiger partial charge in [-0.15, -0.1) is 24.8 Å². The van der Waals surface area contributed by atoms with Crippen LogP contribution in [0.2, 0.25) is 5.02 Å². The quantitative estimate of drug-likeness (QED) is 0.562. The van der Waals surface area contributed by atoms with Crippen LogP contribution in [-0.4, -0.2) is 53.8 Å². The summed E-state index contributed by atoms with van der Waals surface area (Å²) < 4.78 is 0. The molecule has 0 radical (unpaired) electrons. The van der Waals surface area contributed by atoms with Crippen LogP contribution in [-0.2, 0) is 0 Å². The van der Waals surface area contributed by atoms with Gasteiger partial charge in [0, 0.05) is 29.0 Å². The number of amides is 1. The number of likely N-dealkylation sites (N-methyl/N-ethyl adjacent to an activating group) is 1. The van der Waals surface area contributed by atoms with Crippen molar-refractivity contribution in [1.29, 1.82) is 5.41 Å². The molecule has 23 heavy (non-hydrogen) atoms. The molecule has 2 aromatic rings. The maximum atomic E-state index is 12.5. The Morgan fingerprint density at radius 1 is 1.30 bits per heavy atom. The lowest BCUT2D eigenvalue weighted by Crippen LogP contribution is -2.44. The zero-order valence-electron chi connectivity index (χ0n) is 12.8. The molecule has 0 unspecified atom stereocenters. The Hall–Kier alpha value is -1.47. The van der Waals surface area contributed by atoms with E-state index in [2.05, 4.69) is 4.98 Å². The predicted molar refractivity (Wildman–Crippen MR) is 99.3 cm³/mol. The van der Waals surface area contributed by atoms with Gasteiger partial charge in [0.25, 0.3) is 5.91 Å². The van der Waals surface area contributed by atoms with Gasteiger partial charge in [-0.1, -0.05) is 17.7 Å². The molecule has 0 saturated carbocycles. The number of nitrogens with two attached hydrogens (primary N) is 1. The summed E-state index contributed by atoms with van der Waals surface area (Å²) in [6, 6.07) is 7.10. The summed E-state index contributed by atoms with van der Waals surface area (Å²) in [4.78, 5) is 18.7. The molecule has 1 heterocycles. The minimum Gasteiger partial charge on any atom is -0.370 e. The van der Waals surface area contributed by atoms with Gasteiger partial charge in [0.05, 0.1) is 0 Å². The van der Waals surface area contributed by atoms with Gasteiger partial charge in [0.2, 0.25) is 0 Å². The Morgan fingerprint density at radius 3 is 2.48 bits per heavy atom. The van der Waals surface area contributed by atoms with Gasteiger partial charge in [0.1, 0.15) is 5.69 Å². The molecule has 1 amide bonds. The smallest absolute Gasteiger partial charge is 0.277 e. The summed E-state index contributed by atoms with van der Waals surface area (Å²) in [5.41, 5.74) is 6.66. The van der Waals surface area contributed by atoms with Gasteiger partial charge in [0.15, 0.2) is 5.96 Å². The van der Waals surface area contributed by atoms with Crippen molar-refractivity contribution in [3.05, 3.63) is 35.0 Å². The number of hydrogen-bond acceptors (Lipinski definition) is 3. The third kappa shape index (κ3) is 5.00. The third-order valence-corrected chi connectivity index (χ3v) is 3.48. The lowest BCUT2D eigenvalue weighted by Gasteiger charge is -2.21. The number of carbonyl (C=O) groups is 1. The van der Waals surface area contributed by atoms with E-state index < -0.39 is 0 Å². The normalized spacial score (nSPS) is 10.1. The molecular formula is C14H20Cl3N5O. The second-order valence-electron chi connectivity index (χ2n) is 5.03. The molecule has 2 rings (SSSR count). The fourth-order valence-corrected chi connectivity index (χ4v) is 2.24. The summed E-state index contributed by atoms with van der Waals surface area (Å²) in [5, 5.41) is 8.93. The van der Waals surface area contributed by atoms with Crippen molar-refractivity contribution in [2.24, 2.45) is 5.73 Å². The van der Waals surface area contributed by atoms with E-state index >= 15 is 0 Å². The van der Waals surface area contributed by atoms with Gasteiger partial charge in [-0.3, -0.25) is 15.1 Å². The van der Waals surface area contributed by atoms with Crippen molar-refractivity contribution in [2.75, 3.05) is 27.2 Å². The van der Waals surface area contributed by atoms with Crippen LogP contribution in [0.1, 0.15) is 10.5 Å². The Balaban J connectivity index is 0.00000242. The van der Waals surface area contributed by atoms with Gasteiger partial charge in [-0.25, -0.2) is 0 Å². The molecule has 0 fully saturated rings. The van der Waals surface area contributed by atoms with Crippen LogP contribution in [0, 0.1) is 5.41 Å². The molecule has 0 aliphatic heterocycles. The Labute approximate surface area is 152 Å². The van der Waals surface area contributed by atoms with Crippen LogP contribution in [0.25, 0.3) is 10.9 Å². The lowest BCUT2D eigenvalue weighted by atomic mass is 10.2. The standard InChI is InChI=1S/C14H18ClN5O.2ClH/c1-19(2)6-7-20(14(16)17)13(21)12-8-9-10(15)4-3-5-11(9)18-12;;/h3-5,8,18H,6-7H2,1-2H3,(H3,16,17);2*1H. The van der Waals surface area contributed by atoms with Crippen molar-refractivity contribution in [1.82, 2.24) is 14.8 Å². The van der Waals surface area contributed by atoms with Crippen molar-refractivity contribution in [2.45, 2.75) is 0 Å². The number of hydrogen-bond donors (Lipinski definition) is 3. The molecule has 1 aromatic heterocycles. The Morgan fingerprint density at radius 2 is 1.96 bits per heavy atom. The van der Waals surface area contributed by atoms with Crippen LogP contribution in [0.3, 0.4) is 0 Å². The number of benzene rings is 1. The van der Waals surface area contributed by atoms with Crippen molar-refractivity contribution in [3.63, 3.8) is 0 Å². The maximum absolute atomic E-state index is 12.5. The molecule has 9 heteroatoms. The monoisotopic (exact) mass is 379 g/mol. The van der Waals surface area contributed by atoms with Crippen molar-refractivity contribution >= 4 is 59.2 Å². The van der Waals surface area contributed by atoms with E-state index in [1.807, 2.05) is 31.1 Å². The first kappa shape index (κ1) is 21.5. The molecule has 0 atom stereocenters. The first-order chi connectivity index (χ1) is 9.90. The van der Waals surface area contributed by atoms with Crippen molar-refractivity contribution < 1.29 is 4.79 Å². The largest absolute Gasteiger partial charge is 0.370 e. The summed E-state index contributed by atoms with van der Waals surface area (Å²) >= 11 is 6.10. The molecule has 0 spiro atoms. The molecule has 1 aromatic carbocycles. The minimum absolute atomic E-state index is 0. The summed E-state index contributed by atoms with van der Waals surface area (Å²) in [6.45, 7) is 0.969. The number of H-pyrrole nitrogens is 1.